The molecule has 1 aliphatic heterocycles. The smallest absolute Gasteiger partial charge is 0.247 e. The predicted octanol–water partition coefficient (Wildman–Crippen LogP) is 2.24. The van der Waals surface area contributed by atoms with Crippen molar-refractivity contribution in [2.75, 3.05) is 4.90 Å². The molecule has 2 aromatic rings. The molecule has 1 amide bonds. The molecule has 1 unspecified atom stereocenters. The third-order valence-electron chi connectivity index (χ3n) is 3.23. The van der Waals surface area contributed by atoms with E-state index in [1.165, 1.54) is 0 Å². The summed E-state index contributed by atoms with van der Waals surface area (Å²) in [4.78, 5) is 17.6. The van der Waals surface area contributed by atoms with Crippen molar-refractivity contribution in [2.45, 2.75) is 5.37 Å². The maximum atomic E-state index is 11.4. The van der Waals surface area contributed by atoms with Gasteiger partial charge in [-0.3, -0.25) is 4.79 Å². The summed E-state index contributed by atoms with van der Waals surface area (Å²) in [5, 5.41) is 1.73. The molecular weight excluding hydrogens is 270 g/mol. The second kappa shape index (κ2) is 5.02. The quantitative estimate of drug-likeness (QED) is 0.831. The summed E-state index contributed by atoms with van der Waals surface area (Å²) in [6.07, 6.45) is 7.09. The molecule has 0 bridgehead atoms. The Bertz CT molecular complexity index is 739. The molecule has 20 heavy (non-hydrogen) atoms. The molecule has 3 rings (SSSR count). The van der Waals surface area contributed by atoms with Crippen LogP contribution in [0.15, 0.2) is 60.5 Å². The monoisotopic (exact) mass is 283 g/mol. The lowest BCUT2D eigenvalue weighted by atomic mass is 10.1. The van der Waals surface area contributed by atoms with Crippen LogP contribution in [0, 0.1) is 0 Å². The molecule has 0 radical (unpaired) electrons. The third kappa shape index (κ3) is 2.16. The van der Waals surface area contributed by atoms with Gasteiger partial charge >= 0.3 is 0 Å². The number of nitrogens with two attached hydrogens (primary N) is 1. The van der Waals surface area contributed by atoms with E-state index in [-0.39, 0.29) is 0 Å². The number of anilines is 1. The lowest BCUT2D eigenvalue weighted by Crippen LogP contribution is -2.35. The molecular formula is C15H13N3OS. The number of benzene rings is 1. The number of carbonyl (C=O) groups is 1. The maximum Gasteiger partial charge on any atom is 0.247 e. The Kier molecular flexibility index (Phi) is 3.20. The highest BCUT2D eigenvalue weighted by Crippen LogP contribution is 2.27. The van der Waals surface area contributed by atoms with Crippen molar-refractivity contribution < 1.29 is 4.79 Å². The number of pyridine rings is 1. The van der Waals surface area contributed by atoms with Gasteiger partial charge in [-0.05, 0) is 23.6 Å². The SMILES string of the molecule is NC(=O)C1=CC=CN(c2cc3ccccc3cn2)C1S. The first-order valence-electron chi connectivity index (χ1n) is 6.16. The van der Waals surface area contributed by atoms with Gasteiger partial charge in [0.25, 0.3) is 0 Å². The van der Waals surface area contributed by atoms with E-state index in [9.17, 15) is 4.79 Å². The summed E-state index contributed by atoms with van der Waals surface area (Å²) in [7, 11) is 0. The van der Waals surface area contributed by atoms with Crippen LogP contribution in [-0.4, -0.2) is 16.3 Å². The van der Waals surface area contributed by atoms with E-state index in [2.05, 4.69) is 17.6 Å². The Morgan fingerprint density at radius 3 is 2.80 bits per heavy atom. The van der Waals surface area contributed by atoms with E-state index in [1.807, 2.05) is 41.4 Å². The van der Waals surface area contributed by atoms with Crippen molar-refractivity contribution in [3.8, 4) is 0 Å². The number of nitrogens with zero attached hydrogens (tertiary/aromatic N) is 2. The molecule has 1 aromatic carbocycles. The molecule has 1 aromatic heterocycles. The standard InChI is InChI=1S/C15H13N3OS/c16-14(19)12-6-3-7-18(15(12)20)13-8-10-4-1-2-5-11(10)9-17-13/h1-9,15,20H,(H2,16,19). The average Bonchev–Trinajstić information content (AvgIpc) is 2.46. The number of allylic oxidation sites excluding steroid dienone is 2. The van der Waals surface area contributed by atoms with Crippen LogP contribution in [0.5, 0.6) is 0 Å². The molecule has 1 atom stereocenters. The lowest BCUT2D eigenvalue weighted by molar-refractivity contribution is -0.114. The van der Waals surface area contributed by atoms with Crippen LogP contribution >= 0.6 is 12.6 Å². The highest BCUT2D eigenvalue weighted by atomic mass is 32.1. The first-order valence-corrected chi connectivity index (χ1v) is 6.68. The van der Waals surface area contributed by atoms with Gasteiger partial charge in [0.1, 0.15) is 11.2 Å². The van der Waals surface area contributed by atoms with Crippen LogP contribution in [0.4, 0.5) is 5.82 Å². The zero-order valence-electron chi connectivity index (χ0n) is 10.6. The number of fused-ring (bicyclic) bond motifs is 1. The molecule has 5 heteroatoms. The lowest BCUT2D eigenvalue weighted by Gasteiger charge is -2.29. The van der Waals surface area contributed by atoms with Gasteiger partial charge in [0, 0.05) is 23.4 Å². The summed E-state index contributed by atoms with van der Waals surface area (Å²) in [6.45, 7) is 0. The fourth-order valence-corrected chi connectivity index (χ4v) is 2.59. The van der Waals surface area contributed by atoms with Crippen molar-refractivity contribution in [1.29, 1.82) is 0 Å². The second-order valence-electron chi connectivity index (χ2n) is 4.50. The topological polar surface area (TPSA) is 59.2 Å². The normalized spacial score (nSPS) is 18.1. The minimum Gasteiger partial charge on any atom is -0.366 e. The molecule has 0 saturated carbocycles. The number of amides is 1. The number of hydrogen-bond donors (Lipinski definition) is 2. The Morgan fingerprint density at radius 2 is 2.05 bits per heavy atom. The zero-order valence-corrected chi connectivity index (χ0v) is 11.5. The van der Waals surface area contributed by atoms with Gasteiger partial charge < -0.3 is 10.6 Å². The van der Waals surface area contributed by atoms with Crippen LogP contribution in [0.25, 0.3) is 10.8 Å². The number of primary amides is 1. The molecule has 2 N–H and O–H groups in total. The summed E-state index contributed by atoms with van der Waals surface area (Å²) < 4.78 is 0. The first-order chi connectivity index (χ1) is 9.66. The zero-order chi connectivity index (χ0) is 14.1. The number of aromatic nitrogens is 1. The molecule has 2 heterocycles. The number of hydrogen-bond acceptors (Lipinski definition) is 4. The Labute approximate surface area is 122 Å². The highest BCUT2D eigenvalue weighted by Gasteiger charge is 2.24. The molecule has 0 saturated heterocycles. The molecule has 0 spiro atoms. The number of carbonyl (C=O) groups excluding carboxylic acids is 1. The van der Waals surface area contributed by atoms with Gasteiger partial charge in [-0.2, -0.15) is 0 Å². The van der Waals surface area contributed by atoms with E-state index in [4.69, 9.17) is 5.73 Å². The van der Waals surface area contributed by atoms with Crippen LogP contribution in [0.2, 0.25) is 0 Å². The van der Waals surface area contributed by atoms with E-state index < -0.39 is 11.3 Å². The van der Waals surface area contributed by atoms with E-state index in [1.54, 1.807) is 18.3 Å². The minimum absolute atomic E-state index is 0.425. The van der Waals surface area contributed by atoms with Crippen molar-refractivity contribution in [1.82, 2.24) is 4.98 Å². The molecule has 0 aliphatic carbocycles. The van der Waals surface area contributed by atoms with Gasteiger partial charge in [0.15, 0.2) is 0 Å². The summed E-state index contributed by atoms with van der Waals surface area (Å²) >= 11 is 4.46. The van der Waals surface area contributed by atoms with Crippen molar-refractivity contribution in [2.24, 2.45) is 5.73 Å². The molecule has 4 nitrogen and oxygen atoms in total. The third-order valence-corrected chi connectivity index (χ3v) is 3.76. The fraction of sp³-hybridized carbons (Fsp3) is 0.0667. The largest absolute Gasteiger partial charge is 0.366 e. The number of rotatable bonds is 2. The van der Waals surface area contributed by atoms with Crippen LogP contribution in [0.3, 0.4) is 0 Å². The summed E-state index contributed by atoms with van der Waals surface area (Å²) in [5.74, 6) is 0.256. The van der Waals surface area contributed by atoms with E-state index in [0.29, 0.717) is 5.57 Å². The first kappa shape index (κ1) is 12.7. The summed E-state index contributed by atoms with van der Waals surface area (Å²) in [6, 6.07) is 9.94. The van der Waals surface area contributed by atoms with Gasteiger partial charge in [-0.25, -0.2) is 4.98 Å². The van der Waals surface area contributed by atoms with E-state index in [0.717, 1.165) is 16.6 Å². The average molecular weight is 283 g/mol. The fourth-order valence-electron chi connectivity index (χ4n) is 2.18. The Morgan fingerprint density at radius 1 is 1.30 bits per heavy atom. The van der Waals surface area contributed by atoms with Crippen molar-refractivity contribution in [3.05, 3.63) is 60.5 Å². The highest BCUT2D eigenvalue weighted by molar-refractivity contribution is 7.81. The van der Waals surface area contributed by atoms with Gasteiger partial charge in [-0.1, -0.05) is 24.3 Å². The molecule has 1 aliphatic rings. The Balaban J connectivity index is 2.01. The van der Waals surface area contributed by atoms with Crippen LogP contribution in [0.1, 0.15) is 0 Å². The van der Waals surface area contributed by atoms with Gasteiger partial charge in [-0.15, -0.1) is 12.6 Å². The van der Waals surface area contributed by atoms with Crippen LogP contribution < -0.4 is 10.6 Å². The molecule has 100 valence electrons. The van der Waals surface area contributed by atoms with E-state index >= 15 is 0 Å². The predicted molar refractivity (Wildman–Crippen MR) is 83.4 cm³/mol. The second-order valence-corrected chi connectivity index (χ2v) is 4.99. The van der Waals surface area contributed by atoms with Crippen molar-refractivity contribution in [3.63, 3.8) is 0 Å². The summed E-state index contributed by atoms with van der Waals surface area (Å²) in [5.41, 5.74) is 5.80. The van der Waals surface area contributed by atoms with Crippen LogP contribution in [-0.2, 0) is 4.79 Å². The Hall–Kier alpha value is -2.27. The van der Waals surface area contributed by atoms with Crippen molar-refractivity contribution >= 4 is 35.1 Å². The maximum absolute atomic E-state index is 11.4. The molecule has 0 fully saturated rings. The minimum atomic E-state index is -0.472. The number of thiol groups is 1. The van der Waals surface area contributed by atoms with Gasteiger partial charge in [0.05, 0.1) is 0 Å². The van der Waals surface area contributed by atoms with Gasteiger partial charge in [0.2, 0.25) is 5.91 Å².